The summed E-state index contributed by atoms with van der Waals surface area (Å²) in [6.45, 7) is 7.29. The Hall–Kier alpha value is -2.92. The van der Waals surface area contributed by atoms with Gasteiger partial charge in [0.25, 0.3) is 5.91 Å². The molecule has 140 valence electrons. The molecular weight excluding hydrogens is 336 g/mol. The van der Waals surface area contributed by atoms with E-state index in [0.717, 1.165) is 39.8 Å². The maximum Gasteiger partial charge on any atom is 0.279 e. The van der Waals surface area contributed by atoms with Gasteiger partial charge in [-0.1, -0.05) is 30.3 Å². The van der Waals surface area contributed by atoms with E-state index in [2.05, 4.69) is 24.4 Å². The van der Waals surface area contributed by atoms with Crippen LogP contribution in [0.2, 0.25) is 0 Å². The van der Waals surface area contributed by atoms with Crippen molar-refractivity contribution in [3.05, 3.63) is 77.1 Å². The molecular formula is C22H27N4O+. The van der Waals surface area contributed by atoms with Gasteiger partial charge in [0.05, 0.1) is 29.7 Å². The Bertz CT molecular complexity index is 931. The summed E-state index contributed by atoms with van der Waals surface area (Å²) in [6.07, 6.45) is 0. The van der Waals surface area contributed by atoms with E-state index in [-0.39, 0.29) is 5.91 Å². The highest BCUT2D eigenvalue weighted by molar-refractivity contribution is 5.91. The molecule has 0 aliphatic heterocycles. The molecule has 0 radical (unpaired) electrons. The van der Waals surface area contributed by atoms with Crippen LogP contribution in [0.15, 0.2) is 54.6 Å². The minimum Gasteiger partial charge on any atom is -0.326 e. The van der Waals surface area contributed by atoms with E-state index in [4.69, 9.17) is 5.10 Å². The number of nitrogens with zero attached hydrogens (tertiary/aromatic N) is 2. The summed E-state index contributed by atoms with van der Waals surface area (Å²) in [6, 6.07) is 18.0. The zero-order valence-corrected chi connectivity index (χ0v) is 16.4. The fourth-order valence-electron chi connectivity index (χ4n) is 3.32. The van der Waals surface area contributed by atoms with Crippen molar-refractivity contribution in [1.29, 1.82) is 0 Å². The average molecular weight is 363 g/mol. The van der Waals surface area contributed by atoms with Gasteiger partial charge in [-0.15, -0.1) is 0 Å². The lowest BCUT2D eigenvalue weighted by molar-refractivity contribution is -0.885. The van der Waals surface area contributed by atoms with E-state index in [1.807, 2.05) is 68.0 Å². The zero-order valence-electron chi connectivity index (χ0n) is 16.4. The number of nitrogens with one attached hydrogen (secondary N) is 2. The molecule has 3 aromatic rings. The van der Waals surface area contributed by atoms with Crippen LogP contribution in [0.4, 0.5) is 5.69 Å². The van der Waals surface area contributed by atoms with Crippen LogP contribution in [0.1, 0.15) is 22.5 Å². The Kier molecular flexibility index (Phi) is 5.72. The van der Waals surface area contributed by atoms with Crippen molar-refractivity contribution in [3.8, 4) is 5.69 Å². The highest BCUT2D eigenvalue weighted by Crippen LogP contribution is 2.17. The van der Waals surface area contributed by atoms with E-state index in [0.29, 0.717) is 6.54 Å². The summed E-state index contributed by atoms with van der Waals surface area (Å²) in [7, 11) is 2.04. The van der Waals surface area contributed by atoms with Gasteiger partial charge in [0.2, 0.25) is 0 Å². The van der Waals surface area contributed by atoms with Crippen LogP contribution >= 0.6 is 0 Å². The van der Waals surface area contributed by atoms with Gasteiger partial charge >= 0.3 is 0 Å². The second-order valence-electron chi connectivity index (χ2n) is 7.13. The number of hydrogen-bond acceptors (Lipinski definition) is 2. The van der Waals surface area contributed by atoms with Crippen LogP contribution in [0.5, 0.6) is 0 Å². The quantitative estimate of drug-likeness (QED) is 0.707. The highest BCUT2D eigenvalue weighted by Gasteiger charge is 2.18. The lowest BCUT2D eigenvalue weighted by Gasteiger charge is -2.14. The van der Waals surface area contributed by atoms with E-state index < -0.39 is 0 Å². The second-order valence-corrected chi connectivity index (χ2v) is 7.13. The van der Waals surface area contributed by atoms with Crippen molar-refractivity contribution in [1.82, 2.24) is 9.78 Å². The number of anilines is 1. The molecule has 2 aromatic carbocycles. The van der Waals surface area contributed by atoms with Crippen molar-refractivity contribution < 1.29 is 9.69 Å². The Balaban J connectivity index is 1.66. The minimum atomic E-state index is 0.0175. The Morgan fingerprint density at radius 2 is 1.81 bits per heavy atom. The fourth-order valence-corrected chi connectivity index (χ4v) is 3.32. The maximum atomic E-state index is 12.4. The fraction of sp³-hybridized carbons (Fsp3) is 0.273. The normalized spacial score (nSPS) is 12.0. The molecule has 1 heterocycles. The first-order chi connectivity index (χ1) is 12.9. The molecule has 0 saturated heterocycles. The van der Waals surface area contributed by atoms with Gasteiger partial charge in [-0.3, -0.25) is 4.79 Å². The number of aryl methyl sites for hydroxylation is 2. The molecule has 0 fully saturated rings. The van der Waals surface area contributed by atoms with E-state index >= 15 is 0 Å². The summed E-state index contributed by atoms with van der Waals surface area (Å²) in [5.74, 6) is 0.0175. The molecule has 5 nitrogen and oxygen atoms in total. The van der Waals surface area contributed by atoms with E-state index in [1.165, 1.54) is 5.56 Å². The standard InChI is InChI=1S/C22H26N4O/c1-16-9-8-10-19(13-16)23-22(27)15-25(4)14-21-17(2)24-26(18(21)3)20-11-6-5-7-12-20/h5-13H,14-15H2,1-4H3,(H,23,27)/p+1. The lowest BCUT2D eigenvalue weighted by atomic mass is 10.2. The Morgan fingerprint density at radius 3 is 2.52 bits per heavy atom. The van der Waals surface area contributed by atoms with Crippen LogP contribution in [0.25, 0.3) is 5.69 Å². The molecule has 1 atom stereocenters. The van der Waals surface area contributed by atoms with Gasteiger partial charge in [0.15, 0.2) is 6.54 Å². The van der Waals surface area contributed by atoms with Gasteiger partial charge in [0, 0.05) is 5.69 Å². The smallest absolute Gasteiger partial charge is 0.279 e. The Morgan fingerprint density at radius 1 is 1.07 bits per heavy atom. The summed E-state index contributed by atoms with van der Waals surface area (Å²) < 4.78 is 1.98. The molecule has 3 rings (SSSR count). The number of aromatic nitrogens is 2. The number of hydrogen-bond donors (Lipinski definition) is 2. The van der Waals surface area contributed by atoms with Gasteiger partial charge < -0.3 is 10.2 Å². The number of amides is 1. The van der Waals surface area contributed by atoms with Crippen molar-refractivity contribution in [2.24, 2.45) is 0 Å². The monoisotopic (exact) mass is 363 g/mol. The maximum absolute atomic E-state index is 12.4. The number of carbonyl (C=O) groups excluding carboxylic acids is 1. The third-order valence-electron chi connectivity index (χ3n) is 4.68. The molecule has 1 aromatic heterocycles. The molecule has 1 amide bonds. The predicted octanol–water partition coefficient (Wildman–Crippen LogP) is 2.45. The molecule has 0 spiro atoms. The zero-order chi connectivity index (χ0) is 19.4. The molecule has 0 bridgehead atoms. The number of likely N-dealkylation sites (N-methyl/N-ethyl adjacent to an activating group) is 1. The third kappa shape index (κ3) is 4.63. The predicted molar refractivity (Wildman–Crippen MR) is 108 cm³/mol. The largest absolute Gasteiger partial charge is 0.326 e. The lowest BCUT2D eigenvalue weighted by Crippen LogP contribution is -3.08. The number of carbonyl (C=O) groups is 1. The molecule has 5 heteroatoms. The average Bonchev–Trinajstić information content (AvgIpc) is 2.90. The van der Waals surface area contributed by atoms with E-state index in [1.54, 1.807) is 0 Å². The third-order valence-corrected chi connectivity index (χ3v) is 4.68. The first-order valence-electron chi connectivity index (χ1n) is 9.22. The molecule has 0 aliphatic carbocycles. The van der Waals surface area contributed by atoms with Crippen molar-refractivity contribution in [2.75, 3.05) is 18.9 Å². The molecule has 0 aliphatic rings. The first-order valence-corrected chi connectivity index (χ1v) is 9.22. The number of quaternary nitrogens is 1. The number of para-hydroxylation sites is 1. The second kappa shape index (κ2) is 8.18. The number of rotatable bonds is 6. The highest BCUT2D eigenvalue weighted by atomic mass is 16.2. The van der Waals surface area contributed by atoms with Gasteiger partial charge in [-0.2, -0.15) is 5.10 Å². The van der Waals surface area contributed by atoms with Crippen LogP contribution in [0.3, 0.4) is 0 Å². The molecule has 27 heavy (non-hydrogen) atoms. The first kappa shape index (κ1) is 18.9. The molecule has 2 N–H and O–H groups in total. The van der Waals surface area contributed by atoms with Crippen molar-refractivity contribution >= 4 is 11.6 Å². The summed E-state index contributed by atoms with van der Waals surface area (Å²) in [4.78, 5) is 13.5. The topological polar surface area (TPSA) is 51.4 Å². The van der Waals surface area contributed by atoms with Crippen molar-refractivity contribution in [3.63, 3.8) is 0 Å². The minimum absolute atomic E-state index is 0.0175. The number of benzene rings is 2. The van der Waals surface area contributed by atoms with Gasteiger partial charge in [-0.25, -0.2) is 4.68 Å². The Labute approximate surface area is 160 Å². The van der Waals surface area contributed by atoms with Gasteiger partial charge in [0.1, 0.15) is 6.54 Å². The SMILES string of the molecule is Cc1cccc(NC(=O)C[NH+](C)Cc2c(C)nn(-c3ccccc3)c2C)c1. The summed E-state index contributed by atoms with van der Waals surface area (Å²) in [5, 5.41) is 7.67. The van der Waals surface area contributed by atoms with Crippen LogP contribution < -0.4 is 10.2 Å². The molecule has 1 unspecified atom stereocenters. The summed E-state index contributed by atoms with van der Waals surface area (Å²) >= 11 is 0. The van der Waals surface area contributed by atoms with E-state index in [9.17, 15) is 4.79 Å². The van der Waals surface area contributed by atoms with Crippen LogP contribution in [-0.2, 0) is 11.3 Å². The van der Waals surface area contributed by atoms with Crippen LogP contribution in [0, 0.1) is 20.8 Å². The van der Waals surface area contributed by atoms with Crippen molar-refractivity contribution in [2.45, 2.75) is 27.3 Å². The van der Waals surface area contributed by atoms with Crippen LogP contribution in [-0.4, -0.2) is 29.3 Å². The van der Waals surface area contributed by atoms with Gasteiger partial charge in [-0.05, 0) is 50.6 Å². The summed E-state index contributed by atoms with van der Waals surface area (Å²) in [5.41, 5.74) is 6.36. The molecule has 0 saturated carbocycles.